The largest absolute Gasteiger partial charge is 0.474 e. The third kappa shape index (κ3) is 2.92. The van der Waals surface area contributed by atoms with E-state index in [1.165, 1.54) is 6.07 Å². The van der Waals surface area contributed by atoms with Crippen molar-refractivity contribution in [2.24, 2.45) is 5.92 Å². The van der Waals surface area contributed by atoms with Gasteiger partial charge in [-0.25, -0.2) is 9.37 Å². The van der Waals surface area contributed by atoms with E-state index >= 15 is 0 Å². The second-order valence-electron chi connectivity index (χ2n) is 4.26. The highest BCUT2D eigenvalue weighted by atomic mass is 19.1. The van der Waals surface area contributed by atoms with Gasteiger partial charge in [0.25, 0.3) is 0 Å². The number of ether oxygens (including phenoxy) is 1. The van der Waals surface area contributed by atoms with Crippen molar-refractivity contribution in [2.45, 2.75) is 31.8 Å². The molecule has 1 N–H and O–H groups in total. The van der Waals surface area contributed by atoms with Crippen LogP contribution in [0.4, 0.5) is 4.39 Å². The van der Waals surface area contributed by atoms with Crippen molar-refractivity contribution in [3.63, 3.8) is 0 Å². The van der Waals surface area contributed by atoms with Crippen LogP contribution in [0, 0.1) is 11.7 Å². The van der Waals surface area contributed by atoms with E-state index in [9.17, 15) is 4.39 Å². The molecule has 1 saturated carbocycles. The number of hydrogen-bond acceptors (Lipinski definition) is 3. The summed E-state index contributed by atoms with van der Waals surface area (Å²) in [4.78, 5) is 3.86. The summed E-state index contributed by atoms with van der Waals surface area (Å²) in [6, 6.07) is 2.90. The molecule has 1 aromatic heterocycles. The Bertz CT molecular complexity index is 320. The van der Waals surface area contributed by atoms with Gasteiger partial charge in [-0.3, -0.25) is 0 Å². The minimum atomic E-state index is -0.351. The molecule has 1 heterocycles. The molecule has 1 aromatic rings. The lowest BCUT2D eigenvalue weighted by Gasteiger charge is -2.27. The molecule has 1 fully saturated rings. The monoisotopic (exact) mass is 225 g/mol. The van der Waals surface area contributed by atoms with E-state index in [4.69, 9.17) is 9.84 Å². The van der Waals surface area contributed by atoms with Crippen LogP contribution < -0.4 is 4.74 Å². The number of rotatable bonds is 3. The zero-order valence-corrected chi connectivity index (χ0v) is 9.10. The number of aliphatic hydroxyl groups excluding tert-OH is 1. The van der Waals surface area contributed by atoms with Crippen molar-refractivity contribution in [2.75, 3.05) is 6.61 Å². The van der Waals surface area contributed by atoms with Gasteiger partial charge in [0.2, 0.25) is 5.88 Å². The van der Waals surface area contributed by atoms with Crippen LogP contribution in [-0.2, 0) is 0 Å². The van der Waals surface area contributed by atoms with E-state index in [1.807, 2.05) is 0 Å². The number of aromatic nitrogens is 1. The summed E-state index contributed by atoms with van der Waals surface area (Å²) in [6.07, 6.45) is 5.16. The maximum atomic E-state index is 12.6. The molecule has 0 unspecified atom stereocenters. The van der Waals surface area contributed by atoms with Crippen LogP contribution in [0.1, 0.15) is 25.7 Å². The summed E-state index contributed by atoms with van der Waals surface area (Å²) in [6.45, 7) is 0.265. The molecule has 88 valence electrons. The average Bonchev–Trinajstić information content (AvgIpc) is 2.33. The van der Waals surface area contributed by atoms with Gasteiger partial charge < -0.3 is 9.84 Å². The lowest BCUT2D eigenvalue weighted by atomic mass is 9.88. The van der Waals surface area contributed by atoms with Gasteiger partial charge in [0.1, 0.15) is 11.9 Å². The normalized spacial score (nSPS) is 25.4. The molecule has 0 spiro atoms. The SMILES string of the molecule is OCC1CCC(Oc2ccc(F)cn2)CC1. The highest BCUT2D eigenvalue weighted by Gasteiger charge is 2.21. The number of hydrogen-bond donors (Lipinski definition) is 1. The molecule has 4 heteroatoms. The summed E-state index contributed by atoms with van der Waals surface area (Å²) >= 11 is 0. The van der Waals surface area contributed by atoms with E-state index in [0.717, 1.165) is 31.9 Å². The van der Waals surface area contributed by atoms with Gasteiger partial charge in [0.15, 0.2) is 0 Å². The van der Waals surface area contributed by atoms with Gasteiger partial charge in [-0.15, -0.1) is 0 Å². The fraction of sp³-hybridized carbons (Fsp3) is 0.583. The van der Waals surface area contributed by atoms with Crippen LogP contribution in [0.3, 0.4) is 0 Å². The van der Waals surface area contributed by atoms with Crippen LogP contribution in [0.15, 0.2) is 18.3 Å². The molecule has 0 amide bonds. The average molecular weight is 225 g/mol. The Labute approximate surface area is 94.3 Å². The number of pyridine rings is 1. The molecular formula is C12H16FNO2. The second kappa shape index (κ2) is 5.25. The highest BCUT2D eigenvalue weighted by molar-refractivity contribution is 5.11. The van der Waals surface area contributed by atoms with Crippen LogP contribution in [0.5, 0.6) is 5.88 Å². The molecular weight excluding hydrogens is 209 g/mol. The third-order valence-corrected chi connectivity index (χ3v) is 3.04. The van der Waals surface area contributed by atoms with Crippen LogP contribution in [-0.4, -0.2) is 22.8 Å². The molecule has 1 aliphatic rings. The fourth-order valence-electron chi connectivity index (χ4n) is 2.04. The predicted molar refractivity (Wildman–Crippen MR) is 57.7 cm³/mol. The molecule has 0 aliphatic heterocycles. The molecule has 0 aromatic carbocycles. The van der Waals surface area contributed by atoms with Crippen molar-refractivity contribution in [3.8, 4) is 5.88 Å². The Morgan fingerprint density at radius 1 is 1.31 bits per heavy atom. The van der Waals surface area contributed by atoms with Crippen molar-refractivity contribution < 1.29 is 14.2 Å². The first kappa shape index (κ1) is 11.3. The second-order valence-corrected chi connectivity index (χ2v) is 4.26. The number of aliphatic hydroxyl groups is 1. The first-order chi connectivity index (χ1) is 7.78. The van der Waals surface area contributed by atoms with Gasteiger partial charge in [0, 0.05) is 12.7 Å². The van der Waals surface area contributed by atoms with Crippen LogP contribution in [0.2, 0.25) is 0 Å². The van der Waals surface area contributed by atoms with E-state index < -0.39 is 0 Å². The number of nitrogens with zero attached hydrogens (tertiary/aromatic N) is 1. The predicted octanol–water partition coefficient (Wildman–Crippen LogP) is 2.15. The fourth-order valence-corrected chi connectivity index (χ4v) is 2.04. The number of halogens is 1. The highest BCUT2D eigenvalue weighted by Crippen LogP contribution is 2.26. The van der Waals surface area contributed by atoms with Crippen LogP contribution in [0.25, 0.3) is 0 Å². The molecule has 3 nitrogen and oxygen atoms in total. The third-order valence-electron chi connectivity index (χ3n) is 3.04. The summed E-state index contributed by atoms with van der Waals surface area (Å²) in [5.74, 6) is 0.547. The lowest BCUT2D eigenvalue weighted by molar-refractivity contribution is 0.100. The van der Waals surface area contributed by atoms with Gasteiger partial charge in [0.05, 0.1) is 6.20 Å². The van der Waals surface area contributed by atoms with Gasteiger partial charge >= 0.3 is 0 Å². The van der Waals surface area contributed by atoms with Crippen molar-refractivity contribution >= 4 is 0 Å². The molecule has 16 heavy (non-hydrogen) atoms. The minimum absolute atomic E-state index is 0.153. The summed E-state index contributed by atoms with van der Waals surface area (Å²) in [5.41, 5.74) is 0. The Kier molecular flexibility index (Phi) is 3.72. The molecule has 0 radical (unpaired) electrons. The quantitative estimate of drug-likeness (QED) is 0.857. The minimum Gasteiger partial charge on any atom is -0.474 e. The van der Waals surface area contributed by atoms with Gasteiger partial charge in [-0.1, -0.05) is 0 Å². The molecule has 2 rings (SSSR count). The zero-order valence-electron chi connectivity index (χ0n) is 9.10. The maximum Gasteiger partial charge on any atom is 0.213 e. The Balaban J connectivity index is 1.84. The first-order valence-electron chi connectivity index (χ1n) is 5.67. The Hall–Kier alpha value is -1.16. The van der Waals surface area contributed by atoms with E-state index in [0.29, 0.717) is 11.8 Å². The van der Waals surface area contributed by atoms with Crippen molar-refractivity contribution in [1.82, 2.24) is 4.98 Å². The lowest BCUT2D eigenvalue weighted by Crippen LogP contribution is -2.25. The smallest absolute Gasteiger partial charge is 0.213 e. The molecule has 0 bridgehead atoms. The Morgan fingerprint density at radius 3 is 2.62 bits per heavy atom. The molecule has 1 aliphatic carbocycles. The summed E-state index contributed by atoms with van der Waals surface area (Å²) < 4.78 is 18.3. The topological polar surface area (TPSA) is 42.4 Å². The van der Waals surface area contributed by atoms with Gasteiger partial charge in [-0.05, 0) is 37.7 Å². The summed E-state index contributed by atoms with van der Waals surface area (Å²) in [7, 11) is 0. The van der Waals surface area contributed by atoms with E-state index in [2.05, 4.69) is 4.98 Å². The van der Waals surface area contributed by atoms with E-state index in [1.54, 1.807) is 6.07 Å². The zero-order chi connectivity index (χ0) is 11.4. The van der Waals surface area contributed by atoms with Crippen LogP contribution >= 0.6 is 0 Å². The van der Waals surface area contributed by atoms with Gasteiger partial charge in [-0.2, -0.15) is 0 Å². The summed E-state index contributed by atoms with van der Waals surface area (Å²) in [5, 5.41) is 9.00. The van der Waals surface area contributed by atoms with Crippen molar-refractivity contribution in [3.05, 3.63) is 24.1 Å². The van der Waals surface area contributed by atoms with Crippen molar-refractivity contribution in [1.29, 1.82) is 0 Å². The molecule has 0 atom stereocenters. The maximum absolute atomic E-state index is 12.6. The standard InChI is InChI=1S/C12H16FNO2/c13-10-3-6-12(14-7-10)16-11-4-1-9(8-15)2-5-11/h3,6-7,9,11,15H,1-2,4-5,8H2. The first-order valence-corrected chi connectivity index (χ1v) is 5.67. The Morgan fingerprint density at radius 2 is 2.06 bits per heavy atom. The van der Waals surface area contributed by atoms with E-state index in [-0.39, 0.29) is 18.5 Å². The molecule has 0 saturated heterocycles.